The maximum absolute atomic E-state index is 13.3. The van der Waals surface area contributed by atoms with Gasteiger partial charge in [-0.1, -0.05) is 13.0 Å². The van der Waals surface area contributed by atoms with Crippen LogP contribution in [0.15, 0.2) is 24.3 Å². The maximum Gasteiger partial charge on any atom is 0.143 e. The summed E-state index contributed by atoms with van der Waals surface area (Å²) < 4.78 is 13.3. The van der Waals surface area contributed by atoms with Gasteiger partial charge in [-0.2, -0.15) is 0 Å². The van der Waals surface area contributed by atoms with E-state index in [-0.39, 0.29) is 5.82 Å². The van der Waals surface area contributed by atoms with Crippen LogP contribution in [0.25, 0.3) is 10.2 Å². The molecule has 0 aliphatic heterocycles. The molecule has 5 heteroatoms. The summed E-state index contributed by atoms with van der Waals surface area (Å²) in [5, 5.41) is 4.26. The normalized spacial score (nSPS) is 11.0. The molecule has 0 atom stereocenters. The number of nitrogens with one attached hydrogen (secondary N) is 1. The van der Waals surface area contributed by atoms with E-state index in [1.54, 1.807) is 17.4 Å². The molecule has 21 heavy (non-hydrogen) atoms. The summed E-state index contributed by atoms with van der Waals surface area (Å²) in [6.07, 6.45) is 0.768. The number of nitrogens with zero attached hydrogens (tertiary/aromatic N) is 2. The quantitative estimate of drug-likeness (QED) is 0.758. The van der Waals surface area contributed by atoms with Gasteiger partial charge >= 0.3 is 0 Å². The molecule has 2 heterocycles. The van der Waals surface area contributed by atoms with Crippen LogP contribution in [-0.2, 0) is 6.42 Å². The number of fused-ring (bicyclic) bond motifs is 1. The number of rotatable bonds is 3. The first-order valence-electron chi connectivity index (χ1n) is 6.87. The van der Waals surface area contributed by atoms with Crippen molar-refractivity contribution in [2.75, 3.05) is 5.32 Å². The van der Waals surface area contributed by atoms with Crippen LogP contribution in [0.4, 0.5) is 15.9 Å². The summed E-state index contributed by atoms with van der Waals surface area (Å²) in [6, 6.07) is 6.41. The Balaban J connectivity index is 2.15. The molecule has 1 aromatic carbocycles. The summed E-state index contributed by atoms with van der Waals surface area (Å²) in [6.45, 7) is 6.18. The third kappa shape index (κ3) is 2.61. The number of thiophene rings is 1. The monoisotopic (exact) mass is 301 g/mol. The van der Waals surface area contributed by atoms with E-state index in [2.05, 4.69) is 29.1 Å². The predicted molar refractivity (Wildman–Crippen MR) is 85.9 cm³/mol. The van der Waals surface area contributed by atoms with E-state index in [0.29, 0.717) is 5.69 Å². The first-order chi connectivity index (χ1) is 10.1. The van der Waals surface area contributed by atoms with E-state index in [4.69, 9.17) is 0 Å². The van der Waals surface area contributed by atoms with Gasteiger partial charge in [0.1, 0.15) is 22.3 Å². The average Bonchev–Trinajstić information content (AvgIpc) is 2.74. The second kappa shape index (κ2) is 5.41. The lowest BCUT2D eigenvalue weighted by Crippen LogP contribution is -2.00. The van der Waals surface area contributed by atoms with Crippen LogP contribution in [0.2, 0.25) is 0 Å². The summed E-state index contributed by atoms with van der Waals surface area (Å²) in [5.41, 5.74) is 1.87. The minimum atomic E-state index is -0.265. The summed E-state index contributed by atoms with van der Waals surface area (Å²) in [5.74, 6) is 1.28. The highest BCUT2D eigenvalue weighted by Gasteiger charge is 2.14. The van der Waals surface area contributed by atoms with Crippen LogP contribution >= 0.6 is 11.3 Å². The standard InChI is InChI=1S/C16H16FN3S/c1-4-13-19-15(18-12-7-5-6-11(17)8-12)14-9(2)10(3)21-16(14)20-13/h5-8H,4H2,1-3H3,(H,18,19,20). The largest absolute Gasteiger partial charge is 0.339 e. The molecule has 0 unspecified atom stereocenters. The highest BCUT2D eigenvalue weighted by atomic mass is 32.1. The van der Waals surface area contributed by atoms with E-state index in [1.165, 1.54) is 22.6 Å². The van der Waals surface area contributed by atoms with Crippen molar-refractivity contribution in [1.82, 2.24) is 9.97 Å². The third-order valence-electron chi connectivity index (χ3n) is 3.48. The molecule has 3 nitrogen and oxygen atoms in total. The minimum absolute atomic E-state index is 0.265. The second-order valence-corrected chi connectivity index (χ2v) is 6.14. The molecule has 0 radical (unpaired) electrons. The SMILES string of the molecule is CCc1nc(Nc2cccc(F)c2)c2c(C)c(C)sc2n1. The van der Waals surface area contributed by atoms with Crippen molar-refractivity contribution in [3.63, 3.8) is 0 Å². The molecule has 0 spiro atoms. The Morgan fingerprint density at radius 3 is 2.76 bits per heavy atom. The third-order valence-corrected chi connectivity index (χ3v) is 4.58. The van der Waals surface area contributed by atoms with Gasteiger partial charge in [-0.05, 0) is 37.6 Å². The van der Waals surface area contributed by atoms with E-state index in [9.17, 15) is 4.39 Å². The van der Waals surface area contributed by atoms with Crippen LogP contribution in [0.5, 0.6) is 0 Å². The Morgan fingerprint density at radius 1 is 1.24 bits per heavy atom. The van der Waals surface area contributed by atoms with Crippen LogP contribution in [0, 0.1) is 19.7 Å². The van der Waals surface area contributed by atoms with E-state index >= 15 is 0 Å². The zero-order valence-electron chi connectivity index (χ0n) is 12.2. The fourth-order valence-corrected chi connectivity index (χ4v) is 3.29. The van der Waals surface area contributed by atoms with Gasteiger partial charge in [0.25, 0.3) is 0 Å². The topological polar surface area (TPSA) is 37.8 Å². The molecule has 3 rings (SSSR count). The van der Waals surface area contributed by atoms with Crippen molar-refractivity contribution in [2.45, 2.75) is 27.2 Å². The summed E-state index contributed by atoms with van der Waals surface area (Å²) in [7, 11) is 0. The first kappa shape index (κ1) is 13.9. The lowest BCUT2D eigenvalue weighted by molar-refractivity contribution is 0.628. The molecule has 0 fully saturated rings. The van der Waals surface area contributed by atoms with Crippen molar-refractivity contribution in [3.05, 3.63) is 46.3 Å². The van der Waals surface area contributed by atoms with Gasteiger partial charge in [-0.25, -0.2) is 14.4 Å². The zero-order chi connectivity index (χ0) is 15.0. The van der Waals surface area contributed by atoms with Gasteiger partial charge in [0.05, 0.1) is 5.39 Å². The lowest BCUT2D eigenvalue weighted by atomic mass is 10.2. The molecule has 2 aromatic heterocycles. The van der Waals surface area contributed by atoms with Gasteiger partial charge in [-0.15, -0.1) is 11.3 Å². The Labute approximate surface area is 126 Å². The second-order valence-electron chi connectivity index (χ2n) is 4.94. The van der Waals surface area contributed by atoms with Gasteiger partial charge in [0.15, 0.2) is 0 Å². The van der Waals surface area contributed by atoms with Gasteiger partial charge < -0.3 is 5.32 Å². The maximum atomic E-state index is 13.3. The van der Waals surface area contributed by atoms with Gasteiger partial charge in [0.2, 0.25) is 0 Å². The molecule has 0 aliphatic carbocycles. The number of benzene rings is 1. The summed E-state index contributed by atoms with van der Waals surface area (Å²) >= 11 is 1.67. The summed E-state index contributed by atoms with van der Waals surface area (Å²) in [4.78, 5) is 11.4. The first-order valence-corrected chi connectivity index (χ1v) is 7.69. The van der Waals surface area contributed by atoms with Crippen LogP contribution < -0.4 is 5.32 Å². The van der Waals surface area contributed by atoms with Gasteiger partial charge in [0, 0.05) is 17.0 Å². The van der Waals surface area contributed by atoms with Crippen LogP contribution in [0.1, 0.15) is 23.2 Å². The Hall–Kier alpha value is -2.01. The molecular weight excluding hydrogens is 285 g/mol. The predicted octanol–water partition coefficient (Wildman–Crippen LogP) is 4.75. The number of halogens is 1. The Morgan fingerprint density at radius 2 is 2.05 bits per heavy atom. The van der Waals surface area contributed by atoms with E-state index in [0.717, 1.165) is 28.3 Å². The number of aromatic nitrogens is 2. The molecule has 3 aromatic rings. The fraction of sp³-hybridized carbons (Fsp3) is 0.250. The van der Waals surface area contributed by atoms with E-state index in [1.807, 2.05) is 13.0 Å². The van der Waals surface area contributed by atoms with Crippen molar-refractivity contribution < 1.29 is 4.39 Å². The highest BCUT2D eigenvalue weighted by Crippen LogP contribution is 2.34. The smallest absolute Gasteiger partial charge is 0.143 e. The molecule has 0 bridgehead atoms. The van der Waals surface area contributed by atoms with Crippen molar-refractivity contribution in [2.24, 2.45) is 0 Å². The molecule has 0 amide bonds. The van der Waals surface area contributed by atoms with Crippen molar-refractivity contribution in [1.29, 1.82) is 0 Å². The number of hydrogen-bond donors (Lipinski definition) is 1. The van der Waals surface area contributed by atoms with Gasteiger partial charge in [-0.3, -0.25) is 0 Å². The Kier molecular flexibility index (Phi) is 3.59. The van der Waals surface area contributed by atoms with E-state index < -0.39 is 0 Å². The van der Waals surface area contributed by atoms with Crippen molar-refractivity contribution in [3.8, 4) is 0 Å². The molecule has 0 saturated carbocycles. The average molecular weight is 301 g/mol. The van der Waals surface area contributed by atoms with Crippen LogP contribution in [0.3, 0.4) is 0 Å². The van der Waals surface area contributed by atoms with Crippen molar-refractivity contribution >= 4 is 33.1 Å². The molecule has 0 saturated heterocycles. The fourth-order valence-electron chi connectivity index (χ4n) is 2.25. The van der Waals surface area contributed by atoms with Crippen LogP contribution in [-0.4, -0.2) is 9.97 Å². The number of hydrogen-bond acceptors (Lipinski definition) is 4. The molecule has 1 N–H and O–H groups in total. The minimum Gasteiger partial charge on any atom is -0.339 e. The highest BCUT2D eigenvalue weighted by molar-refractivity contribution is 7.18. The molecule has 108 valence electrons. The molecule has 0 aliphatic rings. The number of anilines is 2. The Bertz CT molecular complexity index is 811. The number of aryl methyl sites for hydroxylation is 3. The molecular formula is C16H16FN3S. The zero-order valence-corrected chi connectivity index (χ0v) is 13.0. The lowest BCUT2D eigenvalue weighted by Gasteiger charge is -2.09.